The summed E-state index contributed by atoms with van der Waals surface area (Å²) in [4.78, 5) is 0. The van der Waals surface area contributed by atoms with Crippen LogP contribution in [-0.4, -0.2) is 9.78 Å². The van der Waals surface area contributed by atoms with Crippen LogP contribution >= 0.6 is 11.3 Å². The molecule has 0 atom stereocenters. The predicted molar refractivity (Wildman–Crippen MR) is 55.8 cm³/mol. The fraction of sp³-hybridized carbons (Fsp3) is 0.300. The maximum atomic E-state index is 4.47. The standard InChI is InChI=1S/C10H12N2S/c1-2-5-12-6-3-10(11-12)9-4-7-13-8-9/h3-4,6-8H,2,5H2,1H3. The zero-order valence-electron chi connectivity index (χ0n) is 7.60. The Morgan fingerprint density at radius 1 is 1.46 bits per heavy atom. The van der Waals surface area contributed by atoms with E-state index in [2.05, 4.69) is 34.9 Å². The summed E-state index contributed by atoms with van der Waals surface area (Å²) in [5, 5.41) is 8.67. The average Bonchev–Trinajstić information content (AvgIpc) is 2.70. The first-order valence-corrected chi connectivity index (χ1v) is 5.40. The Bertz CT molecular complexity index is 362. The summed E-state index contributed by atoms with van der Waals surface area (Å²) in [7, 11) is 0. The summed E-state index contributed by atoms with van der Waals surface area (Å²) in [5.74, 6) is 0. The van der Waals surface area contributed by atoms with Gasteiger partial charge in [-0.25, -0.2) is 0 Å². The van der Waals surface area contributed by atoms with Gasteiger partial charge in [-0.2, -0.15) is 16.4 Å². The van der Waals surface area contributed by atoms with Crippen LogP contribution in [-0.2, 0) is 6.54 Å². The molecule has 0 unspecified atom stereocenters. The number of aromatic nitrogens is 2. The molecule has 0 aliphatic rings. The minimum absolute atomic E-state index is 1.00. The van der Waals surface area contributed by atoms with Crippen LogP contribution in [0.1, 0.15) is 13.3 Å². The molecule has 13 heavy (non-hydrogen) atoms. The average molecular weight is 192 g/mol. The molecular formula is C10H12N2S. The Kier molecular flexibility index (Phi) is 2.45. The molecule has 0 aliphatic carbocycles. The minimum atomic E-state index is 1.00. The molecule has 0 spiro atoms. The molecule has 2 nitrogen and oxygen atoms in total. The van der Waals surface area contributed by atoms with Crippen LogP contribution < -0.4 is 0 Å². The first kappa shape index (κ1) is 8.51. The summed E-state index contributed by atoms with van der Waals surface area (Å²) in [5.41, 5.74) is 2.30. The SMILES string of the molecule is CCCn1ccc(-c2ccsc2)n1. The van der Waals surface area contributed by atoms with Crippen molar-refractivity contribution in [1.82, 2.24) is 9.78 Å². The maximum Gasteiger partial charge on any atom is 0.0931 e. The van der Waals surface area contributed by atoms with Crippen molar-refractivity contribution >= 4 is 11.3 Å². The first-order valence-electron chi connectivity index (χ1n) is 4.46. The van der Waals surface area contributed by atoms with Gasteiger partial charge in [0, 0.05) is 23.7 Å². The molecule has 0 saturated carbocycles. The third-order valence-corrected chi connectivity index (χ3v) is 2.59. The van der Waals surface area contributed by atoms with Crippen molar-refractivity contribution in [2.24, 2.45) is 0 Å². The molecular weight excluding hydrogens is 180 g/mol. The molecule has 2 aromatic heterocycles. The number of hydrogen-bond acceptors (Lipinski definition) is 2. The first-order chi connectivity index (χ1) is 6.40. The normalized spacial score (nSPS) is 10.5. The minimum Gasteiger partial charge on any atom is -0.272 e. The Balaban J connectivity index is 2.23. The van der Waals surface area contributed by atoms with Gasteiger partial charge in [0.2, 0.25) is 0 Å². The second kappa shape index (κ2) is 3.75. The molecule has 0 saturated heterocycles. The predicted octanol–water partition coefficient (Wildman–Crippen LogP) is 3.02. The van der Waals surface area contributed by atoms with Crippen molar-refractivity contribution in [2.75, 3.05) is 0 Å². The topological polar surface area (TPSA) is 17.8 Å². The molecule has 0 radical (unpaired) electrons. The van der Waals surface area contributed by atoms with Crippen LogP contribution in [0.4, 0.5) is 0 Å². The van der Waals surface area contributed by atoms with Crippen molar-refractivity contribution in [1.29, 1.82) is 0 Å². The van der Waals surface area contributed by atoms with Gasteiger partial charge in [0.15, 0.2) is 0 Å². The molecule has 2 aromatic rings. The maximum absolute atomic E-state index is 4.47. The zero-order valence-corrected chi connectivity index (χ0v) is 8.42. The molecule has 0 aliphatic heterocycles. The Hall–Kier alpha value is -1.09. The molecule has 0 fully saturated rings. The second-order valence-corrected chi connectivity index (χ2v) is 3.76. The molecule has 2 heterocycles. The van der Waals surface area contributed by atoms with Crippen LogP contribution in [0.5, 0.6) is 0 Å². The summed E-state index contributed by atoms with van der Waals surface area (Å²) < 4.78 is 1.99. The van der Waals surface area contributed by atoms with Gasteiger partial charge in [-0.05, 0) is 23.9 Å². The van der Waals surface area contributed by atoms with E-state index in [0.717, 1.165) is 18.7 Å². The fourth-order valence-corrected chi connectivity index (χ4v) is 1.93. The highest BCUT2D eigenvalue weighted by atomic mass is 32.1. The highest BCUT2D eigenvalue weighted by Crippen LogP contribution is 2.19. The van der Waals surface area contributed by atoms with E-state index in [9.17, 15) is 0 Å². The highest BCUT2D eigenvalue weighted by Gasteiger charge is 2.00. The van der Waals surface area contributed by atoms with E-state index in [4.69, 9.17) is 0 Å². The Labute approximate surface area is 81.8 Å². The molecule has 0 bridgehead atoms. The Morgan fingerprint density at radius 3 is 3.08 bits per heavy atom. The van der Waals surface area contributed by atoms with Gasteiger partial charge < -0.3 is 0 Å². The van der Waals surface area contributed by atoms with Crippen LogP contribution in [0.25, 0.3) is 11.3 Å². The van der Waals surface area contributed by atoms with E-state index in [1.807, 2.05) is 10.9 Å². The fourth-order valence-electron chi connectivity index (χ4n) is 1.28. The molecule has 0 N–H and O–H groups in total. The van der Waals surface area contributed by atoms with Crippen LogP contribution in [0.15, 0.2) is 29.1 Å². The van der Waals surface area contributed by atoms with Gasteiger partial charge in [0.25, 0.3) is 0 Å². The van der Waals surface area contributed by atoms with E-state index < -0.39 is 0 Å². The van der Waals surface area contributed by atoms with Gasteiger partial charge in [-0.15, -0.1) is 0 Å². The van der Waals surface area contributed by atoms with Gasteiger partial charge in [-0.1, -0.05) is 6.92 Å². The summed E-state index contributed by atoms with van der Waals surface area (Å²) in [6.07, 6.45) is 3.17. The molecule has 0 amide bonds. The molecule has 2 rings (SSSR count). The summed E-state index contributed by atoms with van der Waals surface area (Å²) in [6, 6.07) is 4.17. The summed E-state index contributed by atoms with van der Waals surface area (Å²) >= 11 is 1.71. The number of aryl methyl sites for hydroxylation is 1. The lowest BCUT2D eigenvalue weighted by molar-refractivity contribution is 0.604. The highest BCUT2D eigenvalue weighted by molar-refractivity contribution is 7.08. The third kappa shape index (κ3) is 1.80. The van der Waals surface area contributed by atoms with E-state index in [-0.39, 0.29) is 0 Å². The number of rotatable bonds is 3. The van der Waals surface area contributed by atoms with Crippen molar-refractivity contribution in [3.05, 3.63) is 29.1 Å². The lowest BCUT2D eigenvalue weighted by atomic mass is 10.2. The van der Waals surface area contributed by atoms with E-state index in [1.54, 1.807) is 11.3 Å². The van der Waals surface area contributed by atoms with Gasteiger partial charge >= 0.3 is 0 Å². The van der Waals surface area contributed by atoms with E-state index in [0.29, 0.717) is 0 Å². The van der Waals surface area contributed by atoms with Crippen LogP contribution in [0, 0.1) is 0 Å². The van der Waals surface area contributed by atoms with Gasteiger partial charge in [0.05, 0.1) is 5.69 Å². The van der Waals surface area contributed by atoms with Crippen LogP contribution in [0.2, 0.25) is 0 Å². The van der Waals surface area contributed by atoms with Gasteiger partial charge in [-0.3, -0.25) is 4.68 Å². The van der Waals surface area contributed by atoms with Crippen LogP contribution in [0.3, 0.4) is 0 Å². The quantitative estimate of drug-likeness (QED) is 0.731. The second-order valence-electron chi connectivity index (χ2n) is 2.98. The third-order valence-electron chi connectivity index (χ3n) is 1.91. The lowest BCUT2D eigenvalue weighted by Crippen LogP contribution is -1.96. The van der Waals surface area contributed by atoms with E-state index in [1.165, 1.54) is 5.56 Å². The zero-order chi connectivity index (χ0) is 9.10. The largest absolute Gasteiger partial charge is 0.272 e. The van der Waals surface area contributed by atoms with Gasteiger partial charge in [0.1, 0.15) is 0 Å². The molecule has 68 valence electrons. The number of thiophene rings is 1. The number of nitrogens with zero attached hydrogens (tertiary/aromatic N) is 2. The summed E-state index contributed by atoms with van der Waals surface area (Å²) in [6.45, 7) is 3.16. The van der Waals surface area contributed by atoms with Crippen molar-refractivity contribution in [3.8, 4) is 11.3 Å². The van der Waals surface area contributed by atoms with Crippen molar-refractivity contribution in [3.63, 3.8) is 0 Å². The monoisotopic (exact) mass is 192 g/mol. The van der Waals surface area contributed by atoms with Crippen molar-refractivity contribution in [2.45, 2.75) is 19.9 Å². The molecule has 0 aromatic carbocycles. The smallest absolute Gasteiger partial charge is 0.0931 e. The molecule has 3 heteroatoms. The lowest BCUT2D eigenvalue weighted by Gasteiger charge is -1.95. The Morgan fingerprint density at radius 2 is 2.38 bits per heavy atom. The number of hydrogen-bond donors (Lipinski definition) is 0. The van der Waals surface area contributed by atoms with E-state index >= 15 is 0 Å². The van der Waals surface area contributed by atoms with Crippen molar-refractivity contribution < 1.29 is 0 Å².